The number of aromatic nitrogens is 2. The molecule has 1 aromatic carbocycles. The fourth-order valence-electron chi connectivity index (χ4n) is 2.02. The highest BCUT2D eigenvalue weighted by Gasteiger charge is 2.14. The number of urea groups is 1. The lowest BCUT2D eigenvalue weighted by atomic mass is 10.2. The quantitative estimate of drug-likeness (QED) is 0.940. The van der Waals surface area contributed by atoms with Crippen LogP contribution in [0.2, 0.25) is 5.02 Å². The average Bonchev–Trinajstić information content (AvgIpc) is 2.85. The summed E-state index contributed by atoms with van der Waals surface area (Å²) in [5.41, 5.74) is 2.71. The van der Waals surface area contributed by atoms with Gasteiger partial charge in [-0.25, -0.2) is 4.79 Å². The molecular formula is C15H19ClN4O. The van der Waals surface area contributed by atoms with Gasteiger partial charge in [0.05, 0.1) is 12.7 Å². The summed E-state index contributed by atoms with van der Waals surface area (Å²) in [5.74, 6) is 0. The van der Waals surface area contributed by atoms with Crippen LogP contribution in [0.3, 0.4) is 0 Å². The minimum Gasteiger partial charge on any atom is -0.320 e. The number of benzene rings is 1. The van der Waals surface area contributed by atoms with E-state index >= 15 is 0 Å². The summed E-state index contributed by atoms with van der Waals surface area (Å²) in [6.07, 6.45) is 3.67. The number of halogens is 1. The molecule has 0 aliphatic carbocycles. The van der Waals surface area contributed by atoms with Gasteiger partial charge in [-0.2, -0.15) is 5.10 Å². The Morgan fingerprint density at radius 3 is 2.86 bits per heavy atom. The molecule has 1 N–H and O–H groups in total. The number of carbonyl (C=O) groups excluding carboxylic acids is 1. The second kappa shape index (κ2) is 6.63. The fraction of sp³-hybridized carbons (Fsp3) is 0.333. The number of hydrogen-bond donors (Lipinski definition) is 1. The number of amides is 2. The summed E-state index contributed by atoms with van der Waals surface area (Å²) in [6.45, 7) is 5.01. The van der Waals surface area contributed by atoms with Crippen LogP contribution in [-0.2, 0) is 13.6 Å². The molecule has 0 radical (unpaired) electrons. The lowest BCUT2D eigenvalue weighted by Gasteiger charge is -2.21. The second-order valence-electron chi connectivity index (χ2n) is 4.93. The topological polar surface area (TPSA) is 50.2 Å². The Labute approximate surface area is 129 Å². The summed E-state index contributed by atoms with van der Waals surface area (Å²) in [6, 6.07) is 5.30. The molecule has 1 heterocycles. The number of rotatable bonds is 4. The van der Waals surface area contributed by atoms with Crippen molar-refractivity contribution in [3.8, 4) is 0 Å². The highest BCUT2D eigenvalue weighted by molar-refractivity contribution is 6.31. The van der Waals surface area contributed by atoms with E-state index in [1.54, 1.807) is 27.9 Å². The predicted octanol–water partition coefficient (Wildman–Crippen LogP) is 3.44. The standard InChI is InChI=1S/C15H19ClN4O/c1-4-20(10-12-8-17-19(3)9-12)15(21)18-14-7-13(16)6-5-11(14)2/h5-9H,4,10H2,1-3H3,(H,18,21). The van der Waals surface area contributed by atoms with Crippen LogP contribution in [0.5, 0.6) is 0 Å². The molecule has 2 amide bonds. The van der Waals surface area contributed by atoms with E-state index in [4.69, 9.17) is 11.6 Å². The third kappa shape index (κ3) is 3.98. The van der Waals surface area contributed by atoms with Gasteiger partial charge in [0.2, 0.25) is 0 Å². The van der Waals surface area contributed by atoms with Crippen molar-refractivity contribution in [3.63, 3.8) is 0 Å². The maximum atomic E-state index is 12.4. The zero-order chi connectivity index (χ0) is 15.4. The summed E-state index contributed by atoms with van der Waals surface area (Å²) in [5, 5.41) is 7.62. The molecule has 0 aliphatic heterocycles. The van der Waals surface area contributed by atoms with Crippen molar-refractivity contribution >= 4 is 23.3 Å². The smallest absolute Gasteiger partial charge is 0.320 e. The van der Waals surface area contributed by atoms with Gasteiger partial charge in [-0.15, -0.1) is 0 Å². The van der Waals surface area contributed by atoms with E-state index in [2.05, 4.69) is 10.4 Å². The number of carbonyl (C=O) groups is 1. The number of nitrogens with one attached hydrogen (secondary N) is 1. The van der Waals surface area contributed by atoms with E-state index < -0.39 is 0 Å². The van der Waals surface area contributed by atoms with Crippen molar-refractivity contribution in [2.75, 3.05) is 11.9 Å². The molecule has 2 aromatic rings. The van der Waals surface area contributed by atoms with E-state index in [1.807, 2.05) is 33.2 Å². The Kier molecular flexibility index (Phi) is 4.85. The van der Waals surface area contributed by atoms with E-state index in [1.165, 1.54) is 0 Å². The summed E-state index contributed by atoms with van der Waals surface area (Å²) in [4.78, 5) is 14.1. The summed E-state index contributed by atoms with van der Waals surface area (Å²) in [7, 11) is 1.86. The van der Waals surface area contributed by atoms with Crippen LogP contribution in [0, 0.1) is 6.92 Å². The van der Waals surface area contributed by atoms with E-state index in [-0.39, 0.29) is 6.03 Å². The number of hydrogen-bond acceptors (Lipinski definition) is 2. The van der Waals surface area contributed by atoms with Crippen LogP contribution in [0.15, 0.2) is 30.6 Å². The molecule has 5 nitrogen and oxygen atoms in total. The number of aryl methyl sites for hydroxylation is 2. The van der Waals surface area contributed by atoms with E-state index in [0.717, 1.165) is 16.8 Å². The molecule has 0 bridgehead atoms. The predicted molar refractivity (Wildman–Crippen MR) is 84.5 cm³/mol. The van der Waals surface area contributed by atoms with Crippen molar-refractivity contribution in [1.82, 2.24) is 14.7 Å². The van der Waals surface area contributed by atoms with E-state index in [9.17, 15) is 4.79 Å². The Morgan fingerprint density at radius 2 is 2.24 bits per heavy atom. The first-order valence-electron chi connectivity index (χ1n) is 6.79. The van der Waals surface area contributed by atoms with Crippen LogP contribution in [0.25, 0.3) is 0 Å². The van der Waals surface area contributed by atoms with Crippen LogP contribution in [-0.4, -0.2) is 27.3 Å². The zero-order valence-corrected chi connectivity index (χ0v) is 13.2. The molecule has 0 spiro atoms. The maximum Gasteiger partial charge on any atom is 0.322 e. The lowest BCUT2D eigenvalue weighted by Crippen LogP contribution is -2.34. The van der Waals surface area contributed by atoms with Crippen LogP contribution >= 0.6 is 11.6 Å². The normalized spacial score (nSPS) is 10.5. The van der Waals surface area contributed by atoms with Gasteiger partial charge in [-0.05, 0) is 31.5 Å². The monoisotopic (exact) mass is 306 g/mol. The minimum atomic E-state index is -0.147. The zero-order valence-electron chi connectivity index (χ0n) is 12.4. The largest absolute Gasteiger partial charge is 0.322 e. The fourth-order valence-corrected chi connectivity index (χ4v) is 2.20. The number of nitrogens with zero attached hydrogens (tertiary/aromatic N) is 3. The first kappa shape index (κ1) is 15.4. The SMILES string of the molecule is CCN(Cc1cnn(C)c1)C(=O)Nc1cc(Cl)ccc1C. The maximum absolute atomic E-state index is 12.4. The molecule has 2 rings (SSSR count). The molecule has 21 heavy (non-hydrogen) atoms. The van der Waals surface area contributed by atoms with Crippen LogP contribution < -0.4 is 5.32 Å². The molecule has 0 saturated carbocycles. The minimum absolute atomic E-state index is 0.147. The average molecular weight is 307 g/mol. The molecule has 0 atom stereocenters. The Balaban J connectivity index is 2.07. The van der Waals surface area contributed by atoms with Gasteiger partial charge in [-0.1, -0.05) is 17.7 Å². The van der Waals surface area contributed by atoms with Gasteiger partial charge in [0.25, 0.3) is 0 Å². The first-order valence-corrected chi connectivity index (χ1v) is 7.17. The molecular weight excluding hydrogens is 288 g/mol. The molecule has 112 valence electrons. The third-order valence-corrected chi connectivity index (χ3v) is 3.48. The van der Waals surface area contributed by atoms with Gasteiger partial charge >= 0.3 is 6.03 Å². The molecule has 0 saturated heterocycles. The Bertz CT molecular complexity index is 638. The van der Waals surface area contributed by atoms with Gasteiger partial charge in [-0.3, -0.25) is 4.68 Å². The first-order chi connectivity index (χ1) is 9.99. The van der Waals surface area contributed by atoms with Crippen LogP contribution in [0.1, 0.15) is 18.1 Å². The number of anilines is 1. The summed E-state index contributed by atoms with van der Waals surface area (Å²) >= 11 is 5.97. The van der Waals surface area contributed by atoms with Gasteiger partial charge in [0, 0.05) is 36.1 Å². The van der Waals surface area contributed by atoms with Gasteiger partial charge < -0.3 is 10.2 Å². The van der Waals surface area contributed by atoms with Crippen LogP contribution in [0.4, 0.5) is 10.5 Å². The highest BCUT2D eigenvalue weighted by atomic mass is 35.5. The molecule has 0 fully saturated rings. The molecule has 0 aliphatic rings. The van der Waals surface area contributed by atoms with Gasteiger partial charge in [0.15, 0.2) is 0 Å². The third-order valence-electron chi connectivity index (χ3n) is 3.24. The molecule has 0 unspecified atom stereocenters. The van der Waals surface area contributed by atoms with Crippen molar-refractivity contribution in [2.24, 2.45) is 7.05 Å². The van der Waals surface area contributed by atoms with Crippen molar-refractivity contribution in [3.05, 3.63) is 46.7 Å². The Hall–Kier alpha value is -2.01. The molecule has 1 aromatic heterocycles. The second-order valence-corrected chi connectivity index (χ2v) is 5.36. The van der Waals surface area contributed by atoms with E-state index in [0.29, 0.717) is 18.1 Å². The molecule has 6 heteroatoms. The van der Waals surface area contributed by atoms with Crippen molar-refractivity contribution < 1.29 is 4.79 Å². The Morgan fingerprint density at radius 1 is 1.48 bits per heavy atom. The van der Waals surface area contributed by atoms with Gasteiger partial charge in [0.1, 0.15) is 0 Å². The van der Waals surface area contributed by atoms with Crippen molar-refractivity contribution in [2.45, 2.75) is 20.4 Å². The summed E-state index contributed by atoms with van der Waals surface area (Å²) < 4.78 is 1.72. The highest BCUT2D eigenvalue weighted by Crippen LogP contribution is 2.20. The lowest BCUT2D eigenvalue weighted by molar-refractivity contribution is 0.212. The van der Waals surface area contributed by atoms with Crippen molar-refractivity contribution in [1.29, 1.82) is 0 Å².